The Morgan fingerprint density at radius 3 is 2.32 bits per heavy atom. The van der Waals surface area contributed by atoms with Crippen LogP contribution in [-0.2, 0) is 4.79 Å². The molecule has 5 heteroatoms. The first-order chi connectivity index (χ1) is 18.1. The van der Waals surface area contributed by atoms with Crippen molar-refractivity contribution in [1.29, 1.82) is 0 Å². The van der Waals surface area contributed by atoms with Crippen LogP contribution >= 0.6 is 0 Å². The molecule has 7 rings (SSSR count). The van der Waals surface area contributed by atoms with Crippen LogP contribution in [0, 0.1) is 28.6 Å². The van der Waals surface area contributed by atoms with Crippen LogP contribution in [0.15, 0.2) is 48.5 Å². The molecule has 5 nitrogen and oxygen atoms in total. The maximum Gasteiger partial charge on any atom is 0.201 e. The van der Waals surface area contributed by atoms with Gasteiger partial charge in [0.25, 0.3) is 0 Å². The number of hydrogen-bond donors (Lipinski definition) is 1. The van der Waals surface area contributed by atoms with Gasteiger partial charge in [-0.2, -0.15) is 0 Å². The fourth-order valence-corrected chi connectivity index (χ4v) is 8.53. The maximum absolute atomic E-state index is 13.5. The molecule has 4 saturated carbocycles. The number of ether oxygens (including phenoxy) is 1. The highest BCUT2D eigenvalue weighted by Gasteiger charge is 2.51. The monoisotopic (exact) mass is 513 g/mol. The summed E-state index contributed by atoms with van der Waals surface area (Å²) in [4.78, 5) is 18.2. The number of carbonyl (C=O) groups excluding carboxylic acids is 1. The second-order valence-electron chi connectivity index (χ2n) is 14.0. The van der Waals surface area contributed by atoms with E-state index in [0.29, 0.717) is 23.6 Å². The quantitative estimate of drug-likeness (QED) is 0.312. The van der Waals surface area contributed by atoms with E-state index in [1.54, 1.807) is 0 Å². The fourth-order valence-electron chi connectivity index (χ4n) is 8.53. The predicted molar refractivity (Wildman–Crippen MR) is 153 cm³/mol. The van der Waals surface area contributed by atoms with Gasteiger partial charge < -0.3 is 15.0 Å². The normalized spacial score (nSPS) is 27.1. The van der Waals surface area contributed by atoms with Gasteiger partial charge in [-0.1, -0.05) is 39.0 Å². The second-order valence-corrected chi connectivity index (χ2v) is 14.0. The Balaban J connectivity index is 1.22. The topological polar surface area (TPSA) is 70.1 Å². The van der Waals surface area contributed by atoms with E-state index in [0.717, 1.165) is 59.5 Å². The molecule has 4 aliphatic rings. The lowest BCUT2D eigenvalue weighted by atomic mass is 9.48. The number of nitrogen functional groups attached to an aromatic ring is 1. The maximum atomic E-state index is 13.5. The second kappa shape index (κ2) is 9.73. The lowest BCUT2D eigenvalue weighted by Gasteiger charge is -2.56. The highest BCUT2D eigenvalue weighted by atomic mass is 16.5. The van der Waals surface area contributed by atoms with Gasteiger partial charge in [0.1, 0.15) is 17.3 Å². The molecule has 0 saturated heterocycles. The van der Waals surface area contributed by atoms with E-state index in [4.69, 9.17) is 10.5 Å². The number of aromatic nitrogens is 2. The van der Waals surface area contributed by atoms with Crippen LogP contribution in [-0.4, -0.2) is 15.3 Å². The number of rotatable bonds is 9. The lowest BCUT2D eigenvalue weighted by Crippen LogP contribution is -2.46. The van der Waals surface area contributed by atoms with Crippen LogP contribution in [0.3, 0.4) is 0 Å². The number of benzene rings is 2. The minimum absolute atomic E-state index is 0.0921. The van der Waals surface area contributed by atoms with Crippen molar-refractivity contribution in [3.05, 3.63) is 48.5 Å². The third-order valence-electron chi connectivity index (χ3n) is 9.37. The first kappa shape index (κ1) is 25.5. The number of anilines is 1. The summed E-state index contributed by atoms with van der Waals surface area (Å²) < 4.78 is 8.29. The zero-order chi connectivity index (χ0) is 26.5. The number of hydrogen-bond acceptors (Lipinski definition) is 4. The molecule has 202 valence electrons. The van der Waals surface area contributed by atoms with E-state index in [1.807, 2.05) is 48.5 Å². The summed E-state index contributed by atoms with van der Waals surface area (Å²) in [6.45, 7) is 6.78. The van der Waals surface area contributed by atoms with E-state index in [-0.39, 0.29) is 11.5 Å². The molecule has 2 aromatic carbocycles. The summed E-state index contributed by atoms with van der Waals surface area (Å²) in [6.07, 6.45) is 11.3. The van der Waals surface area contributed by atoms with Crippen LogP contribution in [0.1, 0.15) is 91.0 Å². The van der Waals surface area contributed by atoms with Crippen molar-refractivity contribution in [3.63, 3.8) is 0 Å². The molecule has 4 bridgehead atoms. The molecule has 0 radical (unpaired) electrons. The summed E-state index contributed by atoms with van der Waals surface area (Å²) in [7, 11) is 0. The molecular formula is C33H43N3O2. The minimum atomic E-state index is 0.0921. The van der Waals surface area contributed by atoms with Crippen molar-refractivity contribution in [2.75, 3.05) is 5.73 Å². The summed E-state index contributed by atoms with van der Waals surface area (Å²) in [5.74, 6) is 5.16. The number of ketones is 1. The van der Waals surface area contributed by atoms with Gasteiger partial charge in [-0.25, -0.2) is 4.98 Å². The number of Topliss-reactive ketones (excluding diaryl/α,β-unsaturated/α-hetero) is 1. The number of para-hydroxylation sites is 1. The number of imidazole rings is 1. The average Bonchev–Trinajstić information content (AvgIpc) is 3.15. The van der Waals surface area contributed by atoms with Gasteiger partial charge in [-0.15, -0.1) is 0 Å². The fraction of sp³-hybridized carbons (Fsp3) is 0.576. The summed E-state index contributed by atoms with van der Waals surface area (Å²) in [5.41, 5.74) is 8.77. The number of carbonyl (C=O) groups is 1. The molecule has 2 N–H and O–H groups in total. The summed E-state index contributed by atoms with van der Waals surface area (Å²) in [5, 5.41) is 0. The minimum Gasteiger partial charge on any atom is -0.457 e. The zero-order valence-corrected chi connectivity index (χ0v) is 23.3. The Morgan fingerprint density at radius 1 is 1.03 bits per heavy atom. The molecule has 0 spiro atoms. The Labute approximate surface area is 227 Å². The Bertz CT molecular complexity index is 1270. The van der Waals surface area contributed by atoms with Gasteiger partial charge in [-0.3, -0.25) is 4.79 Å². The highest BCUT2D eigenvalue weighted by molar-refractivity contribution is 5.81. The smallest absolute Gasteiger partial charge is 0.201 e. The van der Waals surface area contributed by atoms with E-state index in [9.17, 15) is 4.79 Å². The van der Waals surface area contributed by atoms with E-state index in [2.05, 4.69) is 30.3 Å². The molecule has 4 fully saturated rings. The van der Waals surface area contributed by atoms with Gasteiger partial charge in [0, 0.05) is 24.9 Å². The van der Waals surface area contributed by atoms with Crippen LogP contribution in [0.5, 0.6) is 11.5 Å². The number of nitrogens with zero attached hydrogens (tertiary/aromatic N) is 2. The Morgan fingerprint density at radius 2 is 1.68 bits per heavy atom. The van der Waals surface area contributed by atoms with Crippen molar-refractivity contribution in [3.8, 4) is 11.5 Å². The molecule has 0 unspecified atom stereocenters. The average molecular weight is 514 g/mol. The molecule has 3 aromatic rings. The van der Waals surface area contributed by atoms with E-state index in [1.165, 1.54) is 38.5 Å². The van der Waals surface area contributed by atoms with E-state index < -0.39 is 0 Å². The third kappa shape index (κ3) is 5.34. The lowest BCUT2D eigenvalue weighted by molar-refractivity contribution is -0.127. The number of fused-ring (bicyclic) bond motifs is 1. The molecule has 1 atom stereocenters. The highest BCUT2D eigenvalue weighted by Crippen LogP contribution is 2.61. The first-order valence-electron chi connectivity index (χ1n) is 14.7. The van der Waals surface area contributed by atoms with Crippen molar-refractivity contribution in [2.24, 2.45) is 28.6 Å². The summed E-state index contributed by atoms with van der Waals surface area (Å²) >= 11 is 0. The Kier molecular flexibility index (Phi) is 6.52. The molecule has 0 aliphatic heterocycles. The van der Waals surface area contributed by atoms with Crippen molar-refractivity contribution in [2.45, 2.75) is 91.0 Å². The molecular weight excluding hydrogens is 470 g/mol. The predicted octanol–water partition coefficient (Wildman–Crippen LogP) is 8.34. The SMILES string of the molecule is CC(C)(C)C[C@H](CCC(=O)CC12CC3CC(CC(C3)C1)C2)n1c(N)nc2ccc(Oc3ccccc3)cc21. The van der Waals surface area contributed by atoms with Crippen LogP contribution in [0.2, 0.25) is 0 Å². The molecule has 0 amide bonds. The van der Waals surface area contributed by atoms with Crippen LogP contribution in [0.25, 0.3) is 11.0 Å². The standard InChI is InChI=1S/C33H43N3O2/c1-32(2,3)20-25(9-10-26(37)21-33-17-22-13-23(18-33)15-24(14-22)19-33)36-30-16-28(11-12-29(30)35-31(36)34)38-27-7-5-4-6-8-27/h4-8,11-12,16,22-25H,9-10,13-15,17-21H2,1-3H3,(H2,34,35)/t22?,23?,24?,25-,33?/m0/s1. The van der Waals surface area contributed by atoms with Gasteiger partial charge in [0.15, 0.2) is 0 Å². The van der Waals surface area contributed by atoms with Crippen molar-refractivity contribution >= 4 is 22.8 Å². The van der Waals surface area contributed by atoms with Gasteiger partial charge in [0.05, 0.1) is 11.0 Å². The summed E-state index contributed by atoms with van der Waals surface area (Å²) in [6, 6.07) is 15.9. The van der Waals surface area contributed by atoms with Crippen molar-refractivity contribution in [1.82, 2.24) is 9.55 Å². The van der Waals surface area contributed by atoms with Crippen molar-refractivity contribution < 1.29 is 9.53 Å². The van der Waals surface area contributed by atoms with Gasteiger partial charge in [0.2, 0.25) is 5.95 Å². The third-order valence-corrected chi connectivity index (χ3v) is 9.37. The van der Waals surface area contributed by atoms with Crippen LogP contribution in [0.4, 0.5) is 5.95 Å². The van der Waals surface area contributed by atoms with Gasteiger partial charge in [-0.05, 0) is 104 Å². The van der Waals surface area contributed by atoms with E-state index >= 15 is 0 Å². The van der Waals surface area contributed by atoms with Gasteiger partial charge >= 0.3 is 0 Å². The first-order valence-corrected chi connectivity index (χ1v) is 14.7. The Hall–Kier alpha value is -2.82. The largest absolute Gasteiger partial charge is 0.457 e. The molecule has 1 aromatic heterocycles. The van der Waals surface area contributed by atoms with Crippen LogP contribution < -0.4 is 10.5 Å². The zero-order valence-electron chi connectivity index (χ0n) is 23.3. The number of nitrogens with two attached hydrogens (primary N) is 1. The molecule has 38 heavy (non-hydrogen) atoms. The molecule has 1 heterocycles. The molecule has 4 aliphatic carbocycles.